The molecule has 0 fully saturated rings. The lowest BCUT2D eigenvalue weighted by Gasteiger charge is -2.39. The lowest BCUT2D eigenvalue weighted by atomic mass is 10.1. The van der Waals surface area contributed by atoms with Crippen LogP contribution in [-0.2, 0) is 0 Å². The minimum Gasteiger partial charge on any atom is -0.324 e. The van der Waals surface area contributed by atoms with E-state index in [4.69, 9.17) is 46.9 Å². The summed E-state index contributed by atoms with van der Waals surface area (Å²) in [4.78, 5) is 0. The zero-order valence-corrected chi connectivity index (χ0v) is 26.4. The van der Waals surface area contributed by atoms with E-state index in [0.29, 0.717) is 6.54 Å². The van der Waals surface area contributed by atoms with E-state index >= 15 is 0 Å². The Morgan fingerprint density at radius 2 is 0.676 bits per heavy atom. The van der Waals surface area contributed by atoms with Gasteiger partial charge in [-0.05, 0) is 41.6 Å². The van der Waals surface area contributed by atoms with Gasteiger partial charge in [-0.2, -0.15) is 0 Å². The topological polar surface area (TPSA) is 0 Å². The molecule has 0 amide bonds. The summed E-state index contributed by atoms with van der Waals surface area (Å²) in [6.45, 7) is 15.6. The monoisotopic (exact) mass is 564 g/mol. The molecule has 0 aromatic rings. The predicted octanol–water partition coefficient (Wildman–Crippen LogP) is 11.4. The molecule has 0 saturated carbocycles. The first-order valence-electron chi connectivity index (χ1n) is 14.7. The molecule has 0 bridgehead atoms. The Morgan fingerprint density at radius 3 is 0.941 bits per heavy atom. The Bertz CT molecular complexity index is 352. The third-order valence-corrected chi connectivity index (χ3v) is 7.51. The summed E-state index contributed by atoms with van der Waals surface area (Å²) in [5, 5.41) is 0. The molecule has 0 saturated heterocycles. The largest absolute Gasteiger partial charge is 0.324 e. The number of unbranched alkanes of at least 4 members (excludes halogenated alkanes) is 13. The van der Waals surface area contributed by atoms with Crippen LogP contribution in [0.3, 0.4) is 0 Å². The molecule has 2 nitrogen and oxygen atoms in total. The smallest absolute Gasteiger partial charge is 0.208 e. The van der Waals surface area contributed by atoms with Gasteiger partial charge in [0.25, 0.3) is 0 Å². The van der Waals surface area contributed by atoms with E-state index in [1.807, 2.05) is 0 Å². The van der Waals surface area contributed by atoms with E-state index in [0.717, 1.165) is 18.7 Å². The summed E-state index contributed by atoms with van der Waals surface area (Å²) in [6.07, 6.45) is 23.6. The zero-order valence-electron chi connectivity index (χ0n) is 23.4. The lowest BCUT2D eigenvalue weighted by Crippen LogP contribution is -2.50. The average molecular weight is 567 g/mol. The molecule has 0 aromatic carbocycles. The summed E-state index contributed by atoms with van der Waals surface area (Å²) in [5.41, 5.74) is 0. The van der Waals surface area contributed by atoms with E-state index < -0.39 is 3.04 Å². The second-order valence-electron chi connectivity index (χ2n) is 10.1. The van der Waals surface area contributed by atoms with Crippen LogP contribution >= 0.6 is 46.9 Å². The number of nitrogens with zero attached hydrogens (tertiary/aromatic N) is 2. The number of halogens is 4. The molecule has 0 heterocycles. The molecule has 34 heavy (non-hydrogen) atoms. The van der Waals surface area contributed by atoms with Crippen molar-refractivity contribution in [2.24, 2.45) is 0 Å². The molecule has 0 aromatic heterocycles. The summed E-state index contributed by atoms with van der Waals surface area (Å²) < 4.78 is 0.948. The maximum Gasteiger partial charge on any atom is 0.208 e. The number of hydrogen-bond donors (Lipinski definition) is 0. The predicted molar refractivity (Wildman–Crippen MR) is 159 cm³/mol. The Labute approximate surface area is 235 Å². The first-order chi connectivity index (χ1) is 16.3. The number of alkyl halides is 1. The Balaban J connectivity index is 0. The highest BCUT2D eigenvalue weighted by Gasteiger charge is 2.24. The molecule has 0 rings (SSSR count). The van der Waals surface area contributed by atoms with Crippen molar-refractivity contribution < 1.29 is 7.52 Å². The van der Waals surface area contributed by atoms with Crippen LogP contribution in [0, 0.1) is 0 Å². The van der Waals surface area contributed by atoms with Crippen molar-refractivity contribution in [3.05, 3.63) is 0 Å². The second kappa shape index (κ2) is 27.1. The van der Waals surface area contributed by atoms with Crippen LogP contribution in [0.4, 0.5) is 0 Å². The van der Waals surface area contributed by atoms with Crippen LogP contribution in [0.15, 0.2) is 0 Å². The van der Waals surface area contributed by atoms with Crippen LogP contribution in [0.5, 0.6) is 0 Å². The van der Waals surface area contributed by atoms with Gasteiger partial charge in [-0.3, -0.25) is 0 Å². The van der Waals surface area contributed by atoms with Crippen molar-refractivity contribution in [3.8, 4) is 0 Å². The van der Waals surface area contributed by atoms with Gasteiger partial charge in [0.2, 0.25) is 35.3 Å². The zero-order chi connectivity index (χ0) is 26.0. The van der Waals surface area contributed by atoms with Crippen LogP contribution < -0.4 is 0 Å². The summed E-state index contributed by atoms with van der Waals surface area (Å²) in [7, 11) is 0. The van der Waals surface area contributed by atoms with Gasteiger partial charge in [0, 0.05) is 12.3 Å². The fourth-order valence-corrected chi connectivity index (χ4v) is 4.99. The summed E-state index contributed by atoms with van der Waals surface area (Å²) >= 11 is 22.5. The van der Waals surface area contributed by atoms with Gasteiger partial charge in [-0.15, -0.1) is 11.6 Å². The Morgan fingerprint density at radius 1 is 0.382 bits per heavy atom. The first-order valence-corrected chi connectivity index (χ1v) is 16.2. The van der Waals surface area contributed by atoms with Crippen molar-refractivity contribution in [2.75, 3.05) is 38.6 Å². The summed E-state index contributed by atoms with van der Waals surface area (Å²) in [6, 6.07) is 0. The van der Waals surface area contributed by atoms with Crippen LogP contribution in [0.2, 0.25) is 0 Å². The maximum atomic E-state index is 5.62. The third kappa shape index (κ3) is 27.7. The van der Waals surface area contributed by atoms with Gasteiger partial charge in [-0.25, -0.2) is 0 Å². The molecule has 0 aliphatic heterocycles. The Hall–Kier alpha value is 1.08. The maximum absolute atomic E-state index is 5.62. The van der Waals surface area contributed by atoms with Crippen molar-refractivity contribution >= 4 is 46.9 Å². The van der Waals surface area contributed by atoms with Gasteiger partial charge in [0.05, 0.1) is 26.2 Å². The van der Waals surface area contributed by atoms with E-state index in [2.05, 4.69) is 27.7 Å². The number of rotatable bonds is 24. The third-order valence-electron chi connectivity index (χ3n) is 6.74. The van der Waals surface area contributed by atoms with E-state index in [1.165, 1.54) is 133 Å². The molecular formula is C28H60Cl4N2+2. The molecular weight excluding hydrogens is 506 g/mol. The summed E-state index contributed by atoms with van der Waals surface area (Å²) in [5.74, 6) is 0.807. The fraction of sp³-hybridized carbons (Fsp3) is 1.00. The molecule has 208 valence electrons. The van der Waals surface area contributed by atoms with Crippen LogP contribution in [0.25, 0.3) is 0 Å². The highest BCUT2D eigenvalue weighted by atomic mass is 35.6. The number of quaternary nitrogens is 2. The van der Waals surface area contributed by atoms with Crippen molar-refractivity contribution in [3.63, 3.8) is 0 Å². The minimum absolute atomic E-state index is 0.472. The molecule has 0 unspecified atom stereocenters. The molecule has 0 aliphatic rings. The number of hydrogen-bond acceptors (Lipinski definition) is 0. The van der Waals surface area contributed by atoms with Gasteiger partial charge < -0.3 is 4.48 Å². The Kier molecular flexibility index (Phi) is 29.7. The highest BCUT2D eigenvalue weighted by Crippen LogP contribution is 2.23. The molecule has 0 N–H and O–H groups in total. The highest BCUT2D eigenvalue weighted by molar-refractivity contribution is 6.37. The molecule has 0 radical (unpaired) electrons. The fourth-order valence-electron chi connectivity index (χ4n) is 4.44. The van der Waals surface area contributed by atoms with Gasteiger partial charge >= 0.3 is 0 Å². The van der Waals surface area contributed by atoms with Crippen molar-refractivity contribution in [2.45, 2.75) is 143 Å². The van der Waals surface area contributed by atoms with E-state index in [1.54, 1.807) is 0 Å². The molecule has 0 aliphatic carbocycles. The molecule has 0 atom stereocenters. The van der Waals surface area contributed by atoms with E-state index in [9.17, 15) is 0 Å². The quantitative estimate of drug-likeness (QED) is 0.0472. The SMILES string of the molecule is CCCC[N+](CCCC)(CCCC)CCCC.ClCCCCCCCCCCCC[N+](Cl)(Cl)Cl. The van der Waals surface area contributed by atoms with Crippen LogP contribution in [-0.4, -0.2) is 46.1 Å². The van der Waals surface area contributed by atoms with Crippen molar-refractivity contribution in [1.29, 1.82) is 0 Å². The first kappa shape index (κ1) is 37.2. The average Bonchev–Trinajstić information content (AvgIpc) is 2.81. The van der Waals surface area contributed by atoms with Gasteiger partial charge in [-0.1, -0.05) is 98.3 Å². The minimum atomic E-state index is -0.472. The molecule has 6 heteroatoms. The second-order valence-corrected chi connectivity index (χ2v) is 12.8. The van der Waals surface area contributed by atoms with Crippen LogP contribution in [0.1, 0.15) is 143 Å². The standard InChI is InChI=1S/C16H36N.C12H24Cl4N/c1-5-9-13-17(14-10-6-2,15-11-7-3)16-12-8-4;13-11-9-7-5-3-1-2-4-6-8-10-12-17(14,15)16/h5-16H2,1-4H3;1-12H2/q2*+1. The lowest BCUT2D eigenvalue weighted by molar-refractivity contribution is -0.929. The van der Waals surface area contributed by atoms with Crippen molar-refractivity contribution in [1.82, 2.24) is 0 Å². The van der Waals surface area contributed by atoms with Gasteiger partial charge in [0.1, 0.15) is 6.54 Å². The van der Waals surface area contributed by atoms with Gasteiger partial charge in [0.15, 0.2) is 0 Å². The van der Waals surface area contributed by atoms with E-state index in [-0.39, 0.29) is 0 Å². The molecule has 0 spiro atoms. The normalized spacial score (nSPS) is 12.0.